The highest BCUT2D eigenvalue weighted by atomic mass is 16.6. The maximum absolute atomic E-state index is 12.8. The van der Waals surface area contributed by atoms with Crippen molar-refractivity contribution in [2.45, 2.75) is 316 Å². The van der Waals surface area contributed by atoms with E-state index in [9.17, 15) is 14.4 Å². The molecule has 0 amide bonds. The summed E-state index contributed by atoms with van der Waals surface area (Å²) in [6, 6.07) is 0. The summed E-state index contributed by atoms with van der Waals surface area (Å²) in [4.78, 5) is 38.0. The van der Waals surface area contributed by atoms with Gasteiger partial charge in [0.15, 0.2) is 6.10 Å². The van der Waals surface area contributed by atoms with Crippen molar-refractivity contribution in [2.24, 2.45) is 0 Å². The Morgan fingerprint density at radius 2 is 0.614 bits per heavy atom. The molecule has 0 aromatic heterocycles. The molecule has 0 aliphatic rings. The Labute approximate surface area is 434 Å². The first-order valence-electron chi connectivity index (χ1n) is 30.3. The molecule has 0 radical (unpaired) electrons. The van der Waals surface area contributed by atoms with Crippen LogP contribution in [-0.2, 0) is 28.6 Å². The van der Waals surface area contributed by atoms with Crippen LogP contribution in [-0.4, -0.2) is 37.2 Å². The maximum Gasteiger partial charge on any atom is 0.306 e. The topological polar surface area (TPSA) is 78.9 Å². The minimum Gasteiger partial charge on any atom is -0.462 e. The molecule has 0 aliphatic heterocycles. The highest BCUT2D eigenvalue weighted by Crippen LogP contribution is 2.17. The largest absolute Gasteiger partial charge is 0.462 e. The van der Waals surface area contributed by atoms with E-state index >= 15 is 0 Å². The van der Waals surface area contributed by atoms with E-state index in [4.69, 9.17) is 14.2 Å². The number of ether oxygens (including phenoxy) is 3. The summed E-state index contributed by atoms with van der Waals surface area (Å²) in [7, 11) is 0. The molecule has 0 spiro atoms. The second-order valence-electron chi connectivity index (χ2n) is 20.2. The Bertz CT molecular complexity index is 1260. The minimum atomic E-state index is -0.813. The second kappa shape index (κ2) is 58.7. The number of hydrogen-bond acceptors (Lipinski definition) is 6. The lowest BCUT2D eigenvalue weighted by atomic mass is 10.0. The standard InChI is InChI=1S/C64H114O6/c1-4-7-10-13-16-19-22-24-25-26-27-28-29-30-31-32-33-34-35-36-37-38-39-41-42-45-48-51-54-57-63(66)69-60-61(59-68-62(65)56-53-50-47-44-21-18-15-12-9-6-3)70-64(67)58-55-52-49-46-43-40-23-20-17-14-11-8-5-2/h8,11-12,15,17,20,40,43,49,52,61H,4-7,9-10,13-14,16,18-19,21-39,41-42,44-48,50-51,53-60H2,1-3H3/b11-8-,15-12-,20-17-,43-40-,52-49-. The van der Waals surface area contributed by atoms with E-state index in [0.717, 1.165) is 83.5 Å². The summed E-state index contributed by atoms with van der Waals surface area (Å²) in [6.07, 6.45) is 74.2. The fourth-order valence-electron chi connectivity index (χ4n) is 8.76. The average Bonchev–Trinajstić information content (AvgIpc) is 3.36. The van der Waals surface area contributed by atoms with Crippen LogP contribution in [0.1, 0.15) is 310 Å². The SMILES string of the molecule is CC/C=C\C/C=C\C/C=C\C/C=C\CCC(=O)OC(COC(=O)CCCCCCC/C=C\CCC)COC(=O)CCCCCCCCCCCCCCCCCCCCCCCCCCCCCCC. The van der Waals surface area contributed by atoms with Gasteiger partial charge in [-0.05, 0) is 64.2 Å². The van der Waals surface area contributed by atoms with Crippen LogP contribution >= 0.6 is 0 Å². The van der Waals surface area contributed by atoms with Crippen molar-refractivity contribution in [2.75, 3.05) is 13.2 Å². The first kappa shape index (κ1) is 67.1. The number of carbonyl (C=O) groups is 3. The Balaban J connectivity index is 4.11. The van der Waals surface area contributed by atoms with E-state index in [2.05, 4.69) is 69.4 Å². The van der Waals surface area contributed by atoms with E-state index in [1.165, 1.54) is 180 Å². The van der Waals surface area contributed by atoms with Crippen molar-refractivity contribution in [3.8, 4) is 0 Å². The Hall–Kier alpha value is -2.89. The molecule has 1 unspecified atom stereocenters. The summed E-state index contributed by atoms with van der Waals surface area (Å²) in [5, 5.41) is 0. The number of rotatable bonds is 55. The van der Waals surface area contributed by atoms with E-state index in [0.29, 0.717) is 19.3 Å². The summed E-state index contributed by atoms with van der Waals surface area (Å²) in [5.74, 6) is -0.987. The molecule has 0 rings (SSSR count). The van der Waals surface area contributed by atoms with Gasteiger partial charge in [0.1, 0.15) is 13.2 Å². The summed E-state index contributed by atoms with van der Waals surface area (Å²) in [5.41, 5.74) is 0. The van der Waals surface area contributed by atoms with Crippen molar-refractivity contribution < 1.29 is 28.6 Å². The van der Waals surface area contributed by atoms with Crippen molar-refractivity contribution >= 4 is 17.9 Å². The van der Waals surface area contributed by atoms with Crippen LogP contribution in [0.2, 0.25) is 0 Å². The molecule has 70 heavy (non-hydrogen) atoms. The van der Waals surface area contributed by atoms with Gasteiger partial charge < -0.3 is 14.2 Å². The zero-order valence-electron chi connectivity index (χ0n) is 46.5. The molecule has 0 aromatic carbocycles. The number of carbonyl (C=O) groups excluding carboxylic acids is 3. The monoisotopic (exact) mass is 979 g/mol. The van der Waals surface area contributed by atoms with Crippen molar-refractivity contribution in [3.63, 3.8) is 0 Å². The van der Waals surface area contributed by atoms with Gasteiger partial charge in [0.25, 0.3) is 0 Å². The minimum absolute atomic E-state index is 0.103. The highest BCUT2D eigenvalue weighted by molar-refractivity contribution is 5.71. The number of hydrogen-bond donors (Lipinski definition) is 0. The van der Waals surface area contributed by atoms with Crippen molar-refractivity contribution in [1.29, 1.82) is 0 Å². The molecule has 1 atom stereocenters. The summed E-state index contributed by atoms with van der Waals surface area (Å²) < 4.78 is 16.7. The number of unbranched alkanes of at least 4 members (excludes halogenated alkanes) is 34. The molecule has 406 valence electrons. The van der Waals surface area contributed by atoms with Crippen molar-refractivity contribution in [1.82, 2.24) is 0 Å². The zero-order chi connectivity index (χ0) is 50.7. The smallest absolute Gasteiger partial charge is 0.306 e. The van der Waals surface area contributed by atoms with Gasteiger partial charge in [-0.1, -0.05) is 287 Å². The molecule has 0 saturated heterocycles. The Morgan fingerprint density at radius 3 is 0.986 bits per heavy atom. The zero-order valence-corrected chi connectivity index (χ0v) is 46.5. The molecule has 0 N–H and O–H groups in total. The highest BCUT2D eigenvalue weighted by Gasteiger charge is 2.19. The lowest BCUT2D eigenvalue weighted by Crippen LogP contribution is -2.30. The van der Waals surface area contributed by atoms with E-state index in [1.54, 1.807) is 0 Å². The lowest BCUT2D eigenvalue weighted by molar-refractivity contribution is -0.166. The fraction of sp³-hybridized carbons (Fsp3) is 0.797. The van der Waals surface area contributed by atoms with Gasteiger partial charge >= 0.3 is 17.9 Å². The second-order valence-corrected chi connectivity index (χ2v) is 20.2. The summed E-state index contributed by atoms with van der Waals surface area (Å²) in [6.45, 7) is 6.42. The molecule has 0 saturated carbocycles. The van der Waals surface area contributed by atoms with E-state index in [1.807, 2.05) is 12.2 Å². The quantitative estimate of drug-likeness (QED) is 0.0261. The third-order valence-corrected chi connectivity index (χ3v) is 13.3. The van der Waals surface area contributed by atoms with Crippen LogP contribution in [0.15, 0.2) is 60.8 Å². The van der Waals surface area contributed by atoms with Crippen LogP contribution in [0.3, 0.4) is 0 Å². The molecule has 0 bridgehead atoms. The predicted molar refractivity (Wildman–Crippen MR) is 302 cm³/mol. The van der Waals surface area contributed by atoms with Gasteiger partial charge in [-0.25, -0.2) is 0 Å². The van der Waals surface area contributed by atoms with Crippen LogP contribution < -0.4 is 0 Å². The summed E-state index contributed by atoms with van der Waals surface area (Å²) >= 11 is 0. The number of esters is 3. The van der Waals surface area contributed by atoms with Crippen LogP contribution in [0.4, 0.5) is 0 Å². The predicted octanol–water partition coefficient (Wildman–Crippen LogP) is 20.4. The first-order chi connectivity index (χ1) is 34.5. The van der Waals surface area contributed by atoms with E-state index in [-0.39, 0.29) is 37.5 Å². The molecular formula is C64H114O6. The molecule has 6 heteroatoms. The van der Waals surface area contributed by atoms with Gasteiger partial charge in [0, 0.05) is 19.3 Å². The van der Waals surface area contributed by atoms with Crippen LogP contribution in [0, 0.1) is 0 Å². The molecule has 6 nitrogen and oxygen atoms in total. The van der Waals surface area contributed by atoms with Gasteiger partial charge in [0.2, 0.25) is 0 Å². The lowest BCUT2D eigenvalue weighted by Gasteiger charge is -2.18. The van der Waals surface area contributed by atoms with Crippen LogP contribution in [0.25, 0.3) is 0 Å². The van der Waals surface area contributed by atoms with Gasteiger partial charge in [0.05, 0.1) is 0 Å². The Morgan fingerprint density at radius 1 is 0.300 bits per heavy atom. The third-order valence-electron chi connectivity index (χ3n) is 13.3. The third kappa shape index (κ3) is 56.0. The van der Waals surface area contributed by atoms with E-state index < -0.39 is 6.10 Å². The number of allylic oxidation sites excluding steroid dienone is 10. The van der Waals surface area contributed by atoms with Crippen molar-refractivity contribution in [3.05, 3.63) is 60.8 Å². The first-order valence-corrected chi connectivity index (χ1v) is 30.3. The average molecular weight is 980 g/mol. The van der Waals surface area contributed by atoms with Crippen LogP contribution in [0.5, 0.6) is 0 Å². The molecule has 0 aromatic rings. The molecule has 0 heterocycles. The fourth-order valence-corrected chi connectivity index (χ4v) is 8.76. The van der Waals surface area contributed by atoms with Gasteiger partial charge in [-0.15, -0.1) is 0 Å². The van der Waals surface area contributed by atoms with Gasteiger partial charge in [-0.3, -0.25) is 14.4 Å². The normalized spacial score (nSPS) is 12.4. The molecular weight excluding hydrogens is 865 g/mol. The molecule has 0 fully saturated rings. The Kier molecular flexibility index (Phi) is 56.3. The van der Waals surface area contributed by atoms with Gasteiger partial charge in [-0.2, -0.15) is 0 Å². The maximum atomic E-state index is 12.8. The molecule has 0 aliphatic carbocycles.